The number of benzene rings is 1. The van der Waals surface area contributed by atoms with E-state index in [1.54, 1.807) is 0 Å². The summed E-state index contributed by atoms with van der Waals surface area (Å²) in [7, 11) is 0. The number of nitrogens with one attached hydrogen (secondary N) is 1. The molecule has 1 heterocycles. The lowest BCUT2D eigenvalue weighted by Crippen LogP contribution is -2.24. The van der Waals surface area contributed by atoms with Gasteiger partial charge in [0.15, 0.2) is 0 Å². The molecule has 0 bridgehead atoms. The Hall–Kier alpha value is -2.10. The fraction of sp³-hybridized carbons (Fsp3) is 0.375. The fourth-order valence-electron chi connectivity index (χ4n) is 2.23. The summed E-state index contributed by atoms with van der Waals surface area (Å²) in [5.41, 5.74) is 5.00. The number of aryl methyl sites for hydroxylation is 3. The van der Waals surface area contributed by atoms with Gasteiger partial charge in [0.05, 0.1) is 6.20 Å². The maximum Gasteiger partial charge on any atom is 0.251 e. The number of aromatic nitrogens is 2. The first kappa shape index (κ1) is 14.3. The lowest BCUT2D eigenvalue weighted by Gasteiger charge is -2.08. The van der Waals surface area contributed by atoms with Gasteiger partial charge in [-0.05, 0) is 39.3 Å². The quantitative estimate of drug-likeness (QED) is 0.929. The molecular formula is C16H21N3O. The topological polar surface area (TPSA) is 46.9 Å². The average molecular weight is 271 g/mol. The zero-order chi connectivity index (χ0) is 14.7. The van der Waals surface area contributed by atoms with Crippen molar-refractivity contribution in [2.24, 2.45) is 0 Å². The molecule has 0 aliphatic carbocycles. The number of rotatable bonds is 4. The van der Waals surface area contributed by atoms with Crippen LogP contribution in [0.15, 0.2) is 24.4 Å². The SMILES string of the molecule is CCn1ncc(CNC(=O)c2cc(C)ccc2C)c1C. The smallest absolute Gasteiger partial charge is 0.251 e. The maximum atomic E-state index is 12.2. The van der Waals surface area contributed by atoms with Crippen molar-refractivity contribution in [3.63, 3.8) is 0 Å². The van der Waals surface area contributed by atoms with Gasteiger partial charge in [0.1, 0.15) is 0 Å². The third kappa shape index (κ3) is 2.90. The van der Waals surface area contributed by atoms with Crippen LogP contribution in [-0.4, -0.2) is 15.7 Å². The molecule has 0 atom stereocenters. The molecule has 0 fully saturated rings. The van der Waals surface area contributed by atoms with Gasteiger partial charge in [-0.3, -0.25) is 9.48 Å². The lowest BCUT2D eigenvalue weighted by molar-refractivity contribution is 0.0950. The molecule has 20 heavy (non-hydrogen) atoms. The van der Waals surface area contributed by atoms with Crippen molar-refractivity contribution < 1.29 is 4.79 Å². The van der Waals surface area contributed by atoms with Gasteiger partial charge in [-0.2, -0.15) is 5.10 Å². The summed E-state index contributed by atoms with van der Waals surface area (Å²) in [6, 6.07) is 5.92. The molecule has 4 heteroatoms. The van der Waals surface area contributed by atoms with Crippen molar-refractivity contribution in [2.45, 2.75) is 40.8 Å². The van der Waals surface area contributed by atoms with Crippen LogP contribution in [0.5, 0.6) is 0 Å². The van der Waals surface area contributed by atoms with Crippen LogP contribution in [0, 0.1) is 20.8 Å². The fourth-order valence-corrected chi connectivity index (χ4v) is 2.23. The highest BCUT2D eigenvalue weighted by atomic mass is 16.1. The average Bonchev–Trinajstić information content (AvgIpc) is 2.79. The molecule has 0 unspecified atom stereocenters. The van der Waals surface area contributed by atoms with E-state index in [0.29, 0.717) is 6.54 Å². The summed E-state index contributed by atoms with van der Waals surface area (Å²) in [5, 5.41) is 7.25. The maximum absolute atomic E-state index is 12.2. The molecule has 0 spiro atoms. The second-order valence-corrected chi connectivity index (χ2v) is 5.07. The second kappa shape index (κ2) is 5.90. The van der Waals surface area contributed by atoms with Crippen molar-refractivity contribution in [3.8, 4) is 0 Å². The number of nitrogens with zero attached hydrogens (tertiary/aromatic N) is 2. The standard InChI is InChI=1S/C16H21N3O/c1-5-19-13(4)14(10-18-19)9-17-16(20)15-8-11(2)6-7-12(15)3/h6-8,10H,5,9H2,1-4H3,(H,17,20). The molecule has 1 N–H and O–H groups in total. The third-order valence-electron chi connectivity index (χ3n) is 3.58. The zero-order valence-electron chi connectivity index (χ0n) is 12.5. The highest BCUT2D eigenvalue weighted by molar-refractivity contribution is 5.95. The van der Waals surface area contributed by atoms with Gasteiger partial charge in [0, 0.05) is 29.9 Å². The molecule has 106 valence electrons. The van der Waals surface area contributed by atoms with Crippen LogP contribution >= 0.6 is 0 Å². The van der Waals surface area contributed by atoms with E-state index < -0.39 is 0 Å². The van der Waals surface area contributed by atoms with Crippen LogP contribution in [-0.2, 0) is 13.1 Å². The summed E-state index contributed by atoms with van der Waals surface area (Å²) in [6.07, 6.45) is 1.82. The lowest BCUT2D eigenvalue weighted by atomic mass is 10.1. The first-order valence-electron chi connectivity index (χ1n) is 6.89. The van der Waals surface area contributed by atoms with Gasteiger partial charge in [0.25, 0.3) is 5.91 Å². The van der Waals surface area contributed by atoms with Crippen LogP contribution in [0.1, 0.15) is 39.7 Å². The second-order valence-electron chi connectivity index (χ2n) is 5.07. The number of amides is 1. The summed E-state index contributed by atoms with van der Waals surface area (Å²) in [4.78, 5) is 12.2. The summed E-state index contributed by atoms with van der Waals surface area (Å²) >= 11 is 0. The molecule has 0 radical (unpaired) electrons. The van der Waals surface area contributed by atoms with E-state index in [0.717, 1.165) is 34.5 Å². The summed E-state index contributed by atoms with van der Waals surface area (Å²) < 4.78 is 1.93. The van der Waals surface area contributed by atoms with E-state index in [2.05, 4.69) is 17.3 Å². The van der Waals surface area contributed by atoms with Crippen molar-refractivity contribution >= 4 is 5.91 Å². The van der Waals surface area contributed by atoms with Crippen LogP contribution in [0.25, 0.3) is 0 Å². The predicted molar refractivity (Wildman–Crippen MR) is 79.7 cm³/mol. The van der Waals surface area contributed by atoms with Crippen LogP contribution in [0.3, 0.4) is 0 Å². The molecular weight excluding hydrogens is 250 g/mol. The van der Waals surface area contributed by atoms with Gasteiger partial charge in [-0.1, -0.05) is 17.7 Å². The summed E-state index contributed by atoms with van der Waals surface area (Å²) in [5.74, 6) is -0.0325. The molecule has 4 nitrogen and oxygen atoms in total. The molecule has 1 amide bonds. The predicted octanol–water partition coefficient (Wildman–Crippen LogP) is 2.76. The van der Waals surface area contributed by atoms with Crippen molar-refractivity contribution in [2.75, 3.05) is 0 Å². The van der Waals surface area contributed by atoms with Crippen molar-refractivity contribution in [1.29, 1.82) is 0 Å². The minimum absolute atomic E-state index is 0.0325. The van der Waals surface area contributed by atoms with Gasteiger partial charge in [0.2, 0.25) is 0 Å². The van der Waals surface area contributed by atoms with Gasteiger partial charge >= 0.3 is 0 Å². The van der Waals surface area contributed by atoms with Crippen molar-refractivity contribution in [3.05, 3.63) is 52.3 Å². The first-order chi connectivity index (χ1) is 9.52. The van der Waals surface area contributed by atoms with E-state index in [-0.39, 0.29) is 5.91 Å². The normalized spacial score (nSPS) is 10.6. The number of hydrogen-bond donors (Lipinski definition) is 1. The Labute approximate surface area is 119 Å². The molecule has 0 aliphatic rings. The van der Waals surface area contributed by atoms with Gasteiger partial charge in [-0.15, -0.1) is 0 Å². The molecule has 1 aromatic carbocycles. The minimum atomic E-state index is -0.0325. The molecule has 2 rings (SSSR count). The van der Waals surface area contributed by atoms with Crippen LogP contribution < -0.4 is 5.32 Å². The van der Waals surface area contributed by atoms with Gasteiger partial charge in [-0.25, -0.2) is 0 Å². The van der Waals surface area contributed by atoms with Crippen LogP contribution in [0.4, 0.5) is 0 Å². The minimum Gasteiger partial charge on any atom is -0.348 e. The molecule has 0 aliphatic heterocycles. The Balaban J connectivity index is 2.08. The number of carbonyl (C=O) groups excluding carboxylic acids is 1. The Morgan fingerprint density at radius 3 is 2.70 bits per heavy atom. The largest absolute Gasteiger partial charge is 0.348 e. The van der Waals surface area contributed by atoms with E-state index >= 15 is 0 Å². The van der Waals surface area contributed by atoms with E-state index in [1.807, 2.05) is 49.8 Å². The molecule has 0 saturated carbocycles. The monoisotopic (exact) mass is 271 g/mol. The Morgan fingerprint density at radius 1 is 1.30 bits per heavy atom. The first-order valence-corrected chi connectivity index (χ1v) is 6.89. The highest BCUT2D eigenvalue weighted by Gasteiger charge is 2.11. The molecule has 2 aromatic rings. The third-order valence-corrected chi connectivity index (χ3v) is 3.58. The van der Waals surface area contributed by atoms with E-state index in [4.69, 9.17) is 0 Å². The van der Waals surface area contributed by atoms with Crippen molar-refractivity contribution in [1.82, 2.24) is 15.1 Å². The van der Waals surface area contributed by atoms with Gasteiger partial charge < -0.3 is 5.32 Å². The Kier molecular flexibility index (Phi) is 4.23. The Morgan fingerprint density at radius 2 is 2.05 bits per heavy atom. The number of carbonyl (C=O) groups is 1. The summed E-state index contributed by atoms with van der Waals surface area (Å²) in [6.45, 7) is 9.38. The van der Waals surface area contributed by atoms with E-state index in [9.17, 15) is 4.79 Å². The van der Waals surface area contributed by atoms with Crippen LogP contribution in [0.2, 0.25) is 0 Å². The zero-order valence-corrected chi connectivity index (χ0v) is 12.5. The molecule has 1 aromatic heterocycles. The Bertz CT molecular complexity index is 629. The molecule has 0 saturated heterocycles. The highest BCUT2D eigenvalue weighted by Crippen LogP contribution is 2.11. The number of hydrogen-bond acceptors (Lipinski definition) is 2. The van der Waals surface area contributed by atoms with E-state index in [1.165, 1.54) is 0 Å².